The first-order valence-corrected chi connectivity index (χ1v) is 13.1. The third kappa shape index (κ3) is 5.42. The van der Waals surface area contributed by atoms with Crippen LogP contribution in [0.1, 0.15) is 11.1 Å². The molecule has 0 bridgehead atoms. The topological polar surface area (TPSA) is 156 Å². The fourth-order valence-corrected chi connectivity index (χ4v) is 4.68. The largest absolute Gasteiger partial charge is 0.481 e. The van der Waals surface area contributed by atoms with Crippen LogP contribution in [-0.2, 0) is 6.61 Å². The van der Waals surface area contributed by atoms with Gasteiger partial charge in [-0.2, -0.15) is 9.78 Å². The Morgan fingerprint density at radius 3 is 2.58 bits per heavy atom. The van der Waals surface area contributed by atoms with Gasteiger partial charge >= 0.3 is 5.69 Å². The molecule has 0 atom stereocenters. The van der Waals surface area contributed by atoms with E-state index in [-0.39, 0.29) is 40.9 Å². The summed E-state index contributed by atoms with van der Waals surface area (Å²) in [6.07, 6.45) is 1.25. The van der Waals surface area contributed by atoms with Crippen LogP contribution in [0.2, 0.25) is 5.02 Å². The van der Waals surface area contributed by atoms with Gasteiger partial charge in [-0.05, 0) is 48.0 Å². The van der Waals surface area contributed by atoms with Gasteiger partial charge in [0.25, 0.3) is 11.2 Å². The Kier molecular flexibility index (Phi) is 7.10. The summed E-state index contributed by atoms with van der Waals surface area (Å²) in [4.78, 5) is 40.1. The highest BCUT2D eigenvalue weighted by molar-refractivity contribution is 6.31. The third-order valence-electron chi connectivity index (χ3n) is 6.49. The lowest BCUT2D eigenvalue weighted by Crippen LogP contribution is -2.20. The van der Waals surface area contributed by atoms with Crippen molar-refractivity contribution in [3.8, 4) is 17.3 Å². The molecule has 0 radical (unpaired) electrons. The van der Waals surface area contributed by atoms with Gasteiger partial charge in [-0.25, -0.2) is 4.98 Å². The predicted molar refractivity (Wildman–Crippen MR) is 160 cm³/mol. The van der Waals surface area contributed by atoms with E-state index in [9.17, 15) is 25.0 Å². The number of rotatable bonds is 8. The van der Waals surface area contributed by atoms with Crippen molar-refractivity contribution >= 4 is 51.1 Å². The molecule has 13 heteroatoms. The van der Waals surface area contributed by atoms with Crippen LogP contribution in [0.15, 0.2) is 105 Å². The fourth-order valence-electron chi connectivity index (χ4n) is 4.49. The summed E-state index contributed by atoms with van der Waals surface area (Å²) >= 11 is 6.14. The number of nitro groups is 2. The molecular weight excluding hydrogens is 578 g/mol. The lowest BCUT2D eigenvalue weighted by atomic mass is 10.1. The first-order chi connectivity index (χ1) is 20.8. The molecule has 0 saturated carbocycles. The summed E-state index contributed by atoms with van der Waals surface area (Å²) in [5.74, 6) is 0.208. The number of halogens is 1. The molecule has 0 aliphatic rings. The zero-order chi connectivity index (χ0) is 30.1. The van der Waals surface area contributed by atoms with Crippen molar-refractivity contribution in [2.24, 2.45) is 5.10 Å². The number of ether oxygens (including phenoxy) is 1. The van der Waals surface area contributed by atoms with Crippen molar-refractivity contribution in [2.45, 2.75) is 6.61 Å². The second kappa shape index (κ2) is 11.2. The number of para-hydroxylation sites is 2. The molecule has 0 spiro atoms. The second-order valence-electron chi connectivity index (χ2n) is 9.28. The van der Waals surface area contributed by atoms with Crippen LogP contribution in [0.4, 0.5) is 11.4 Å². The highest BCUT2D eigenvalue weighted by Gasteiger charge is 2.20. The number of nitrogens with zero attached hydrogens (tertiary/aromatic N) is 5. The summed E-state index contributed by atoms with van der Waals surface area (Å²) in [5, 5.41) is 28.9. The zero-order valence-electron chi connectivity index (χ0n) is 21.9. The summed E-state index contributed by atoms with van der Waals surface area (Å²) in [6.45, 7) is -0.197. The van der Waals surface area contributed by atoms with E-state index >= 15 is 0 Å². The number of benzene rings is 4. The Balaban J connectivity index is 1.45. The number of hydrogen-bond acceptors (Lipinski definition) is 9. The normalized spacial score (nSPS) is 11.4. The van der Waals surface area contributed by atoms with E-state index in [0.717, 1.165) is 4.68 Å². The van der Waals surface area contributed by atoms with Gasteiger partial charge in [-0.3, -0.25) is 25.0 Å². The smallest absolute Gasteiger partial charge is 0.311 e. The first-order valence-electron chi connectivity index (χ1n) is 12.7. The van der Waals surface area contributed by atoms with Gasteiger partial charge in [0.15, 0.2) is 5.76 Å². The molecule has 43 heavy (non-hydrogen) atoms. The van der Waals surface area contributed by atoms with Crippen LogP contribution in [0.5, 0.6) is 5.75 Å². The lowest BCUT2D eigenvalue weighted by molar-refractivity contribution is -0.386. The molecule has 0 fully saturated rings. The van der Waals surface area contributed by atoms with Crippen LogP contribution in [0, 0.1) is 20.2 Å². The number of furan rings is 1. The minimum absolute atomic E-state index is 0.0942. The summed E-state index contributed by atoms with van der Waals surface area (Å²) in [6, 6.07) is 23.5. The molecule has 6 aromatic rings. The fraction of sp³-hybridized carbons (Fsp3) is 0.0333. The first kappa shape index (κ1) is 27.3. The van der Waals surface area contributed by atoms with E-state index in [1.54, 1.807) is 54.6 Å². The quantitative estimate of drug-likeness (QED) is 0.106. The molecule has 0 N–H and O–H groups in total. The molecule has 4 aromatic carbocycles. The Bertz CT molecular complexity index is 2160. The number of hydrogen-bond donors (Lipinski definition) is 0. The van der Waals surface area contributed by atoms with Gasteiger partial charge < -0.3 is 9.15 Å². The minimum Gasteiger partial charge on any atom is -0.481 e. The molecule has 6 rings (SSSR count). The van der Waals surface area contributed by atoms with Crippen LogP contribution >= 0.6 is 11.6 Å². The number of non-ortho nitro benzene ring substituents is 1. The SMILES string of the molecule is O=c1c2ccccc2nc(-c2cc3cc(Cl)ccc3o2)n1N=Cc1cccc([N+](=O)[O-])c1OCc1cccc([N+](=O)[O-])c1. The van der Waals surface area contributed by atoms with E-state index in [1.165, 1.54) is 42.6 Å². The predicted octanol–water partition coefficient (Wildman–Crippen LogP) is 6.74. The number of fused-ring (bicyclic) bond motifs is 2. The third-order valence-corrected chi connectivity index (χ3v) is 6.73. The van der Waals surface area contributed by atoms with E-state index < -0.39 is 15.4 Å². The average molecular weight is 596 g/mol. The van der Waals surface area contributed by atoms with Gasteiger partial charge in [0, 0.05) is 34.2 Å². The lowest BCUT2D eigenvalue weighted by Gasteiger charge is -2.10. The standard InChI is InChI=1S/C30H18ClN5O7/c31-21-11-12-26-20(14-21)15-27(43-26)29-33-24-9-2-1-8-23(24)30(37)34(29)32-16-19-6-4-10-25(36(40)41)28(19)42-17-18-5-3-7-22(13-18)35(38)39/h1-16H,17H2. The summed E-state index contributed by atoms with van der Waals surface area (Å²) in [7, 11) is 0. The van der Waals surface area contributed by atoms with Crippen molar-refractivity contribution in [3.05, 3.63) is 138 Å². The van der Waals surface area contributed by atoms with Gasteiger partial charge in [-0.15, -0.1) is 0 Å². The van der Waals surface area contributed by atoms with Crippen molar-refractivity contribution in [1.29, 1.82) is 0 Å². The Morgan fingerprint density at radius 2 is 1.77 bits per heavy atom. The Hall–Kier alpha value is -5.88. The molecule has 0 unspecified atom stereocenters. The average Bonchev–Trinajstić information content (AvgIpc) is 3.42. The summed E-state index contributed by atoms with van der Waals surface area (Å²) < 4.78 is 12.8. The second-order valence-corrected chi connectivity index (χ2v) is 9.71. The van der Waals surface area contributed by atoms with E-state index in [0.29, 0.717) is 32.5 Å². The molecule has 2 aromatic heterocycles. The molecule has 0 amide bonds. The summed E-state index contributed by atoms with van der Waals surface area (Å²) in [5.41, 5.74) is 0.553. The van der Waals surface area contributed by atoms with Crippen molar-refractivity contribution in [3.63, 3.8) is 0 Å². The van der Waals surface area contributed by atoms with Gasteiger partial charge in [-0.1, -0.05) is 41.9 Å². The van der Waals surface area contributed by atoms with Crippen LogP contribution < -0.4 is 10.3 Å². The minimum atomic E-state index is -0.616. The van der Waals surface area contributed by atoms with Crippen molar-refractivity contribution < 1.29 is 19.0 Å². The maximum absolute atomic E-state index is 13.6. The molecule has 2 heterocycles. The van der Waals surface area contributed by atoms with Gasteiger partial charge in [0.1, 0.15) is 12.2 Å². The van der Waals surface area contributed by atoms with Crippen LogP contribution in [0.25, 0.3) is 33.5 Å². The molecule has 0 aliphatic carbocycles. The molecular formula is C30H18ClN5O7. The van der Waals surface area contributed by atoms with E-state index in [4.69, 9.17) is 20.8 Å². The van der Waals surface area contributed by atoms with Crippen LogP contribution in [0.3, 0.4) is 0 Å². The van der Waals surface area contributed by atoms with Crippen molar-refractivity contribution in [1.82, 2.24) is 9.66 Å². The maximum Gasteiger partial charge on any atom is 0.311 e. The molecule has 0 aliphatic heterocycles. The highest BCUT2D eigenvalue weighted by atomic mass is 35.5. The Labute approximate surface area is 246 Å². The number of nitro benzene ring substituents is 2. The molecule has 212 valence electrons. The highest BCUT2D eigenvalue weighted by Crippen LogP contribution is 2.32. The van der Waals surface area contributed by atoms with Crippen molar-refractivity contribution in [2.75, 3.05) is 0 Å². The Morgan fingerprint density at radius 1 is 0.953 bits per heavy atom. The molecule has 12 nitrogen and oxygen atoms in total. The monoisotopic (exact) mass is 595 g/mol. The van der Waals surface area contributed by atoms with Crippen LogP contribution in [-0.4, -0.2) is 25.7 Å². The van der Waals surface area contributed by atoms with E-state index in [1.807, 2.05) is 0 Å². The van der Waals surface area contributed by atoms with Gasteiger partial charge in [0.05, 0.1) is 27.0 Å². The van der Waals surface area contributed by atoms with Gasteiger partial charge in [0.2, 0.25) is 11.6 Å². The molecule has 0 saturated heterocycles. The zero-order valence-corrected chi connectivity index (χ0v) is 22.7. The maximum atomic E-state index is 13.6. The number of aromatic nitrogens is 2. The van der Waals surface area contributed by atoms with E-state index in [2.05, 4.69) is 10.1 Å².